The van der Waals surface area contributed by atoms with Crippen molar-refractivity contribution in [3.8, 4) is 0 Å². The average molecular weight is 947 g/mol. The minimum Gasteiger partial charge on any atom is -0.475 e. The number of ether oxygens (including phenoxy) is 5. The quantitative estimate of drug-likeness (QED) is 0.0842. The van der Waals surface area contributed by atoms with Crippen molar-refractivity contribution in [2.45, 2.75) is 151 Å². The molecule has 62 heavy (non-hydrogen) atoms. The summed E-state index contributed by atoms with van der Waals surface area (Å²) in [4.78, 5) is 35.6. The number of carboxylic acids is 4. The molecule has 18 nitrogen and oxygen atoms in total. The molecule has 1 heterocycles. The van der Waals surface area contributed by atoms with Gasteiger partial charge in [-0.1, -0.05) is 40.0 Å². The zero-order valence-electron chi connectivity index (χ0n) is 33.3. The number of rotatable bonds is 15. The minimum atomic E-state index is -5.08. The maximum Gasteiger partial charge on any atom is 0.490 e. The van der Waals surface area contributed by atoms with Crippen LogP contribution in [-0.4, -0.2) is 162 Å². The molecule has 370 valence electrons. The first-order valence-electron chi connectivity index (χ1n) is 18.2. The summed E-state index contributed by atoms with van der Waals surface area (Å²) in [6.45, 7) is 8.17. The fourth-order valence-electron chi connectivity index (χ4n) is 4.57. The number of carboxylic acid groups (broad SMARTS) is 4. The van der Waals surface area contributed by atoms with E-state index in [9.17, 15) is 57.8 Å². The maximum atomic E-state index is 11.1. The van der Waals surface area contributed by atoms with Crippen molar-refractivity contribution < 1.29 is 121 Å². The van der Waals surface area contributed by atoms with Gasteiger partial charge in [-0.2, -0.15) is 52.7 Å². The van der Waals surface area contributed by atoms with Crippen molar-refractivity contribution in [2.24, 2.45) is 22.9 Å². The number of alkyl halides is 12. The second-order valence-corrected chi connectivity index (χ2v) is 12.8. The molecular weight excluding hydrogens is 892 g/mol. The first kappa shape index (κ1) is 62.9. The molecule has 0 bridgehead atoms. The van der Waals surface area contributed by atoms with Crippen LogP contribution in [0.4, 0.5) is 52.7 Å². The van der Waals surface area contributed by atoms with E-state index in [2.05, 4.69) is 20.8 Å². The number of halogens is 12. The zero-order chi connectivity index (χ0) is 49.4. The predicted octanol–water partition coefficient (Wildman–Crippen LogP) is 2.89. The highest BCUT2D eigenvalue weighted by Crippen LogP contribution is 2.31. The molecule has 30 heteroatoms. The summed E-state index contributed by atoms with van der Waals surface area (Å²) in [5.74, 6) is -11.0. The van der Waals surface area contributed by atoms with Gasteiger partial charge in [-0.05, 0) is 25.7 Å². The summed E-state index contributed by atoms with van der Waals surface area (Å²) in [7, 11) is 0. The number of hydrogen-bond acceptors (Lipinski definition) is 14. The van der Waals surface area contributed by atoms with Gasteiger partial charge in [-0.3, -0.25) is 0 Å². The van der Waals surface area contributed by atoms with E-state index in [0.717, 1.165) is 38.5 Å². The molecule has 0 unspecified atom stereocenters. The Morgan fingerprint density at radius 2 is 0.855 bits per heavy atom. The molecule has 0 aromatic carbocycles. The fraction of sp³-hybridized carbons (Fsp3) is 0.875. The maximum absolute atomic E-state index is 11.1. The summed E-state index contributed by atoms with van der Waals surface area (Å²) in [6, 6.07) is -1.50. The molecular formula is C32H54F12N4O14. The largest absolute Gasteiger partial charge is 0.490 e. The van der Waals surface area contributed by atoms with Gasteiger partial charge >= 0.3 is 48.6 Å². The van der Waals surface area contributed by atoms with Crippen molar-refractivity contribution in [1.29, 1.82) is 0 Å². The van der Waals surface area contributed by atoms with Gasteiger partial charge in [0.1, 0.15) is 36.6 Å². The molecule has 10 atom stereocenters. The van der Waals surface area contributed by atoms with Crippen LogP contribution >= 0.6 is 0 Å². The Labute approximate surface area is 346 Å². The van der Waals surface area contributed by atoms with Gasteiger partial charge in [0.05, 0.1) is 6.04 Å². The van der Waals surface area contributed by atoms with Crippen LogP contribution in [0.25, 0.3) is 0 Å². The first-order valence-corrected chi connectivity index (χ1v) is 18.2. The smallest absolute Gasteiger partial charge is 0.475 e. The highest BCUT2D eigenvalue weighted by molar-refractivity contribution is 5.74. The van der Waals surface area contributed by atoms with E-state index < -0.39 is 104 Å². The lowest BCUT2D eigenvalue weighted by molar-refractivity contribution is -0.299. The van der Waals surface area contributed by atoms with Gasteiger partial charge in [0, 0.05) is 38.4 Å². The Morgan fingerprint density at radius 1 is 0.565 bits per heavy atom. The summed E-state index contributed by atoms with van der Waals surface area (Å²) in [5.41, 5.74) is 25.3. The number of nitrogens with two attached hydrogens (primary N) is 4. The van der Waals surface area contributed by atoms with Crippen LogP contribution in [0.3, 0.4) is 0 Å². The van der Waals surface area contributed by atoms with E-state index in [0.29, 0.717) is 26.2 Å². The van der Waals surface area contributed by atoms with Gasteiger partial charge in [-0.25, -0.2) is 19.2 Å². The van der Waals surface area contributed by atoms with E-state index in [1.165, 1.54) is 0 Å². The second kappa shape index (κ2) is 29.9. The normalized spacial score (nSPS) is 26.4. The van der Waals surface area contributed by atoms with Gasteiger partial charge in [0.25, 0.3) is 0 Å². The topological polar surface area (TPSA) is 320 Å². The molecule has 0 radical (unpaired) electrons. The van der Waals surface area contributed by atoms with E-state index in [1.807, 2.05) is 0 Å². The summed E-state index contributed by atoms with van der Waals surface area (Å²) in [6.07, 6.45) is -18.6. The Hall–Kier alpha value is -3.36. The third-order valence-corrected chi connectivity index (χ3v) is 7.67. The Bertz CT molecular complexity index is 1190. The lowest BCUT2D eigenvalue weighted by Crippen LogP contribution is -2.68. The molecule has 1 aliphatic carbocycles. The average Bonchev–Trinajstić information content (AvgIpc) is 3.12. The first-order chi connectivity index (χ1) is 28.2. The molecule has 0 aromatic rings. The van der Waals surface area contributed by atoms with Crippen LogP contribution < -0.4 is 22.9 Å². The zero-order valence-corrected chi connectivity index (χ0v) is 33.3. The fourth-order valence-corrected chi connectivity index (χ4v) is 4.57. The summed E-state index contributed by atoms with van der Waals surface area (Å²) in [5, 5.41) is 39.6. The highest BCUT2D eigenvalue weighted by Gasteiger charge is 2.50. The standard InChI is InChI=1S/C24H50N4O6.4C2HF3O2/c1-4-7-10-30-20-15(26)13-16(27)21(19(20)29)34-24-18(28)23(32-12-9-6-3)22(17(14-25)33-24)31-11-8-5-2;4*3-2(4,5)1(6)7/h15-24,29H,4-14,25-28H2,1-3H3;4*(H,6,7)/t15-,16+,17-,18-,19-,20+,21-,22-,23-,24-;;;;/m1..../s1. The molecule has 2 fully saturated rings. The van der Waals surface area contributed by atoms with Crippen molar-refractivity contribution in [3.63, 3.8) is 0 Å². The van der Waals surface area contributed by atoms with Crippen LogP contribution in [0.1, 0.15) is 65.7 Å². The number of carbonyl (C=O) groups is 4. The highest BCUT2D eigenvalue weighted by atomic mass is 19.4. The summed E-state index contributed by atoms with van der Waals surface area (Å²) >= 11 is 0. The SMILES string of the molecule is CCCCO[C@@H]1[C@@H](N)[C@@H](O[C@H]2[C@H](O)[C@@H](OCCCC)[C@H](N)C[C@@H]2N)O[C@H](CN)[C@H]1OCCCC.O=C(O)C(F)(F)F.O=C(O)C(F)(F)F.O=C(O)C(F)(F)F.O=C(O)C(F)(F)F. The van der Waals surface area contributed by atoms with Gasteiger partial charge in [0.2, 0.25) is 0 Å². The van der Waals surface area contributed by atoms with Crippen molar-refractivity contribution >= 4 is 23.9 Å². The Kier molecular flexibility index (Phi) is 30.4. The number of aliphatic hydroxyl groups excluding tert-OH is 1. The molecule has 0 amide bonds. The van der Waals surface area contributed by atoms with Crippen LogP contribution in [0.5, 0.6) is 0 Å². The molecule has 2 aliphatic rings. The molecule has 0 aromatic heterocycles. The van der Waals surface area contributed by atoms with Crippen molar-refractivity contribution in [3.05, 3.63) is 0 Å². The lowest BCUT2D eigenvalue weighted by Gasteiger charge is -2.48. The van der Waals surface area contributed by atoms with E-state index in [1.54, 1.807) is 0 Å². The monoisotopic (exact) mass is 946 g/mol. The number of hydrogen-bond donors (Lipinski definition) is 9. The van der Waals surface area contributed by atoms with Gasteiger partial charge < -0.3 is 72.2 Å². The molecule has 13 N–H and O–H groups in total. The van der Waals surface area contributed by atoms with E-state index in [4.69, 9.17) is 86.2 Å². The van der Waals surface area contributed by atoms with Gasteiger partial charge in [0.15, 0.2) is 6.29 Å². The molecule has 2 rings (SSSR count). The third kappa shape index (κ3) is 26.3. The third-order valence-electron chi connectivity index (χ3n) is 7.67. The van der Waals surface area contributed by atoms with Crippen LogP contribution in [0.15, 0.2) is 0 Å². The van der Waals surface area contributed by atoms with Crippen LogP contribution in [-0.2, 0) is 42.9 Å². The molecule has 0 spiro atoms. The predicted molar refractivity (Wildman–Crippen MR) is 186 cm³/mol. The molecule has 1 saturated heterocycles. The van der Waals surface area contributed by atoms with E-state index >= 15 is 0 Å². The number of aliphatic hydroxyl groups is 1. The van der Waals surface area contributed by atoms with Crippen molar-refractivity contribution in [1.82, 2.24) is 0 Å². The van der Waals surface area contributed by atoms with Gasteiger partial charge in [-0.15, -0.1) is 0 Å². The van der Waals surface area contributed by atoms with Crippen LogP contribution in [0, 0.1) is 0 Å². The Balaban J connectivity index is -0.000000995. The minimum absolute atomic E-state index is 0.226. The molecule has 1 aliphatic heterocycles. The Morgan fingerprint density at radius 3 is 1.15 bits per heavy atom. The lowest BCUT2D eigenvalue weighted by atomic mass is 9.84. The number of unbranched alkanes of at least 4 members (excludes halogenated alkanes) is 3. The number of aliphatic carboxylic acids is 4. The summed E-state index contributed by atoms with van der Waals surface area (Å²) < 4.78 is 158. The second-order valence-electron chi connectivity index (χ2n) is 12.8. The van der Waals surface area contributed by atoms with Crippen molar-refractivity contribution in [2.75, 3.05) is 26.4 Å². The molecule has 1 saturated carbocycles. The van der Waals surface area contributed by atoms with E-state index in [-0.39, 0.29) is 12.6 Å². The van der Waals surface area contributed by atoms with Crippen LogP contribution in [0.2, 0.25) is 0 Å².